The molecule has 0 atom stereocenters. The van der Waals surface area contributed by atoms with E-state index in [9.17, 15) is 9.59 Å². The Kier molecular flexibility index (Phi) is 3.26. The summed E-state index contributed by atoms with van der Waals surface area (Å²) < 4.78 is 0. The Bertz CT molecular complexity index is 451. The van der Waals surface area contributed by atoms with E-state index in [4.69, 9.17) is 5.73 Å². The van der Waals surface area contributed by atoms with Crippen LogP contribution >= 0.6 is 11.3 Å². The fraction of sp³-hybridized carbons (Fsp3) is 0.545. The minimum absolute atomic E-state index is 0.101. The third kappa shape index (κ3) is 2.89. The van der Waals surface area contributed by atoms with E-state index >= 15 is 0 Å². The van der Waals surface area contributed by atoms with Gasteiger partial charge in [0.05, 0.1) is 0 Å². The highest BCUT2D eigenvalue weighted by molar-refractivity contribution is 7.14. The number of carbonyl (C=O) groups is 2. The van der Waals surface area contributed by atoms with Crippen LogP contribution in [0.3, 0.4) is 0 Å². The van der Waals surface area contributed by atoms with Gasteiger partial charge in [-0.1, -0.05) is 0 Å². The Balaban J connectivity index is 1.91. The lowest BCUT2D eigenvalue weighted by molar-refractivity contribution is -0.118. The average Bonchev–Trinajstić information content (AvgIpc) is 2.63. The van der Waals surface area contributed by atoms with Crippen LogP contribution in [0.1, 0.15) is 43.1 Å². The van der Waals surface area contributed by atoms with Crippen molar-refractivity contribution in [1.82, 2.24) is 4.98 Å². The van der Waals surface area contributed by atoms with E-state index in [1.54, 1.807) is 5.38 Å². The highest BCUT2D eigenvalue weighted by Gasteiger charge is 2.34. The Morgan fingerprint density at radius 3 is 2.76 bits per heavy atom. The molecule has 1 aliphatic rings. The van der Waals surface area contributed by atoms with E-state index in [1.807, 2.05) is 0 Å². The predicted molar refractivity (Wildman–Crippen MR) is 66.1 cm³/mol. The van der Waals surface area contributed by atoms with Crippen LogP contribution in [0, 0.1) is 0 Å². The molecule has 1 aromatic rings. The second kappa shape index (κ2) is 4.54. The molecule has 0 unspecified atom stereocenters. The predicted octanol–water partition coefficient (Wildman–Crippen LogP) is 1.56. The molecular weight excluding hydrogens is 238 g/mol. The normalized spacial score (nSPS) is 17.3. The van der Waals surface area contributed by atoms with Crippen LogP contribution in [0.2, 0.25) is 0 Å². The summed E-state index contributed by atoms with van der Waals surface area (Å²) in [4.78, 5) is 26.8. The summed E-state index contributed by atoms with van der Waals surface area (Å²) in [5.74, 6) is -0.229. The van der Waals surface area contributed by atoms with Gasteiger partial charge in [0.1, 0.15) is 5.69 Å². The number of ketones is 1. The zero-order valence-corrected chi connectivity index (χ0v) is 10.5. The number of nitrogens with one attached hydrogen (secondary N) is 1. The van der Waals surface area contributed by atoms with Crippen LogP contribution in [0.5, 0.6) is 0 Å². The van der Waals surface area contributed by atoms with Crippen molar-refractivity contribution in [3.63, 3.8) is 0 Å². The van der Waals surface area contributed by atoms with Gasteiger partial charge >= 0.3 is 0 Å². The molecule has 3 N–H and O–H groups in total. The molecule has 1 saturated carbocycles. The lowest BCUT2D eigenvalue weighted by atomic mass is 9.75. The van der Waals surface area contributed by atoms with E-state index < -0.39 is 0 Å². The van der Waals surface area contributed by atoms with Crippen LogP contribution in [0.4, 0.5) is 5.13 Å². The zero-order valence-electron chi connectivity index (χ0n) is 9.66. The number of Topliss-reactive ketones (excluding diaryl/α,β-unsaturated/α-hetero) is 1. The number of carbonyl (C=O) groups excluding carboxylic acids is 2. The lowest BCUT2D eigenvalue weighted by Gasteiger charge is -2.37. The summed E-state index contributed by atoms with van der Waals surface area (Å²) in [5, 5.41) is 4.78. The average molecular weight is 253 g/mol. The Labute approximate surface area is 103 Å². The van der Waals surface area contributed by atoms with Crippen LogP contribution in [0.25, 0.3) is 0 Å². The molecule has 0 aromatic carbocycles. The number of thiazole rings is 1. The highest BCUT2D eigenvalue weighted by Crippen LogP contribution is 2.32. The molecule has 1 aliphatic carbocycles. The van der Waals surface area contributed by atoms with Gasteiger partial charge in [-0.15, -0.1) is 11.3 Å². The number of hydrogen-bond acceptors (Lipinski definition) is 5. The summed E-state index contributed by atoms with van der Waals surface area (Å²) in [6, 6.07) is 0. The van der Waals surface area contributed by atoms with Crippen molar-refractivity contribution in [2.24, 2.45) is 5.73 Å². The standard InChI is InChI=1S/C11H15N3O2S/c1-7(15)8-6-17-10(13-8)14-9(16)5-11(12)3-2-4-11/h6H,2-5,12H2,1H3,(H,13,14,16). The minimum Gasteiger partial charge on any atom is -0.325 e. The smallest absolute Gasteiger partial charge is 0.228 e. The molecule has 1 aromatic heterocycles. The van der Waals surface area contributed by atoms with Gasteiger partial charge in [-0.05, 0) is 19.3 Å². The molecule has 1 amide bonds. The molecule has 17 heavy (non-hydrogen) atoms. The second-order valence-electron chi connectivity index (χ2n) is 4.53. The maximum atomic E-state index is 11.7. The number of hydrogen-bond donors (Lipinski definition) is 2. The zero-order chi connectivity index (χ0) is 12.5. The molecule has 0 bridgehead atoms. The summed E-state index contributed by atoms with van der Waals surface area (Å²) in [6.45, 7) is 1.45. The fourth-order valence-corrected chi connectivity index (χ4v) is 2.55. The first kappa shape index (κ1) is 12.2. The van der Waals surface area contributed by atoms with E-state index in [1.165, 1.54) is 18.3 Å². The van der Waals surface area contributed by atoms with E-state index in [0.29, 0.717) is 17.2 Å². The Hall–Kier alpha value is -1.27. The molecule has 0 saturated heterocycles. The van der Waals surface area contributed by atoms with Gasteiger partial charge in [-0.3, -0.25) is 9.59 Å². The molecular formula is C11H15N3O2S. The van der Waals surface area contributed by atoms with Crippen molar-refractivity contribution in [3.05, 3.63) is 11.1 Å². The largest absolute Gasteiger partial charge is 0.325 e. The summed E-state index contributed by atoms with van der Waals surface area (Å²) in [7, 11) is 0. The third-order valence-electron chi connectivity index (χ3n) is 2.97. The van der Waals surface area contributed by atoms with Gasteiger partial charge in [0.15, 0.2) is 10.9 Å². The second-order valence-corrected chi connectivity index (χ2v) is 5.39. The molecule has 0 aliphatic heterocycles. The highest BCUT2D eigenvalue weighted by atomic mass is 32.1. The van der Waals surface area contributed by atoms with Crippen molar-refractivity contribution < 1.29 is 9.59 Å². The molecule has 5 nitrogen and oxygen atoms in total. The summed E-state index contributed by atoms with van der Waals surface area (Å²) in [6.07, 6.45) is 3.21. The molecule has 1 heterocycles. The number of rotatable bonds is 4. The van der Waals surface area contributed by atoms with Gasteiger partial charge in [0.2, 0.25) is 5.91 Å². The molecule has 6 heteroatoms. The third-order valence-corrected chi connectivity index (χ3v) is 3.73. The maximum absolute atomic E-state index is 11.7. The van der Waals surface area contributed by atoms with Crippen LogP contribution in [-0.2, 0) is 4.79 Å². The SMILES string of the molecule is CC(=O)c1csc(NC(=O)CC2(N)CCC2)n1. The van der Waals surface area contributed by atoms with E-state index in [0.717, 1.165) is 19.3 Å². The van der Waals surface area contributed by atoms with Crippen molar-refractivity contribution in [2.75, 3.05) is 5.32 Å². The molecule has 1 fully saturated rings. The molecule has 92 valence electrons. The van der Waals surface area contributed by atoms with Crippen LogP contribution < -0.4 is 11.1 Å². The van der Waals surface area contributed by atoms with Gasteiger partial charge < -0.3 is 11.1 Å². The van der Waals surface area contributed by atoms with Gasteiger partial charge in [0.25, 0.3) is 0 Å². The number of anilines is 1. The fourth-order valence-electron chi connectivity index (χ4n) is 1.78. The first-order valence-corrected chi connectivity index (χ1v) is 6.42. The van der Waals surface area contributed by atoms with E-state index in [-0.39, 0.29) is 17.2 Å². The molecule has 0 spiro atoms. The maximum Gasteiger partial charge on any atom is 0.228 e. The van der Waals surface area contributed by atoms with Gasteiger partial charge in [0, 0.05) is 24.3 Å². The van der Waals surface area contributed by atoms with Crippen LogP contribution in [-0.4, -0.2) is 22.2 Å². The first-order chi connectivity index (χ1) is 7.98. The number of amides is 1. The topological polar surface area (TPSA) is 85.1 Å². The molecule has 2 rings (SSSR count). The van der Waals surface area contributed by atoms with Crippen LogP contribution in [0.15, 0.2) is 5.38 Å². The quantitative estimate of drug-likeness (QED) is 0.797. The Morgan fingerprint density at radius 1 is 1.59 bits per heavy atom. The van der Waals surface area contributed by atoms with Gasteiger partial charge in [-0.25, -0.2) is 4.98 Å². The Morgan fingerprint density at radius 2 is 2.29 bits per heavy atom. The first-order valence-electron chi connectivity index (χ1n) is 5.54. The van der Waals surface area contributed by atoms with E-state index in [2.05, 4.69) is 10.3 Å². The van der Waals surface area contributed by atoms with Crippen molar-refractivity contribution >= 4 is 28.2 Å². The van der Waals surface area contributed by atoms with Gasteiger partial charge in [-0.2, -0.15) is 0 Å². The summed E-state index contributed by atoms with van der Waals surface area (Å²) in [5.41, 5.74) is 6.04. The monoisotopic (exact) mass is 253 g/mol. The summed E-state index contributed by atoms with van der Waals surface area (Å²) >= 11 is 1.25. The number of nitrogens with zero attached hydrogens (tertiary/aromatic N) is 1. The lowest BCUT2D eigenvalue weighted by Crippen LogP contribution is -2.48. The number of aromatic nitrogens is 1. The van der Waals surface area contributed by atoms with Crippen molar-refractivity contribution in [1.29, 1.82) is 0 Å². The minimum atomic E-state index is -0.329. The molecule has 0 radical (unpaired) electrons. The van der Waals surface area contributed by atoms with Crippen molar-refractivity contribution in [2.45, 2.75) is 38.1 Å². The van der Waals surface area contributed by atoms with Crippen molar-refractivity contribution in [3.8, 4) is 0 Å². The number of nitrogens with two attached hydrogens (primary N) is 1.